The Morgan fingerprint density at radius 2 is 2.00 bits per heavy atom. The molecule has 2 aromatic carbocycles. The van der Waals surface area contributed by atoms with Gasteiger partial charge < -0.3 is 19.5 Å². The molecular weight excluding hydrogens is 417 g/mol. The van der Waals surface area contributed by atoms with Crippen molar-refractivity contribution in [3.8, 4) is 11.5 Å². The van der Waals surface area contributed by atoms with Crippen molar-refractivity contribution in [1.29, 1.82) is 0 Å². The van der Waals surface area contributed by atoms with E-state index in [2.05, 4.69) is 5.32 Å². The van der Waals surface area contributed by atoms with Gasteiger partial charge in [-0.3, -0.25) is 4.79 Å². The van der Waals surface area contributed by atoms with Crippen molar-refractivity contribution in [3.05, 3.63) is 68.8 Å². The zero-order chi connectivity index (χ0) is 20.5. The van der Waals surface area contributed by atoms with Gasteiger partial charge in [0.25, 0.3) is 0 Å². The van der Waals surface area contributed by atoms with Gasteiger partial charge in [-0.05, 0) is 36.2 Å². The van der Waals surface area contributed by atoms with Crippen molar-refractivity contribution in [1.82, 2.24) is 5.32 Å². The molecule has 0 radical (unpaired) electrons. The number of halogens is 2. The molecule has 2 aliphatic heterocycles. The number of ether oxygens (including phenoxy) is 3. The fourth-order valence-electron chi connectivity index (χ4n) is 3.48. The zero-order valence-electron chi connectivity index (χ0n) is 15.5. The average molecular weight is 434 g/mol. The Hall–Kier alpha value is -2.70. The van der Waals surface area contributed by atoms with Gasteiger partial charge in [0.05, 0.1) is 15.6 Å². The summed E-state index contributed by atoms with van der Waals surface area (Å²) in [5.41, 5.74) is 2.17. The highest BCUT2D eigenvalue weighted by Crippen LogP contribution is 2.40. The summed E-state index contributed by atoms with van der Waals surface area (Å²) in [6.45, 7) is 1.89. The van der Waals surface area contributed by atoms with Crippen LogP contribution in [0.25, 0.3) is 0 Å². The Bertz CT molecular complexity index is 1030. The predicted molar refractivity (Wildman–Crippen MR) is 107 cm³/mol. The van der Waals surface area contributed by atoms with Crippen molar-refractivity contribution < 1.29 is 23.8 Å². The molecule has 0 unspecified atom stereocenters. The summed E-state index contributed by atoms with van der Waals surface area (Å²) in [6, 6.07) is 10.5. The maximum atomic E-state index is 12.9. The summed E-state index contributed by atoms with van der Waals surface area (Å²) in [7, 11) is 0. The van der Waals surface area contributed by atoms with Crippen LogP contribution in [0.15, 0.2) is 47.7 Å². The first kappa shape index (κ1) is 19.6. The third-order valence-corrected chi connectivity index (χ3v) is 5.69. The second-order valence-corrected chi connectivity index (χ2v) is 7.54. The van der Waals surface area contributed by atoms with Gasteiger partial charge >= 0.3 is 5.97 Å². The third kappa shape index (κ3) is 3.91. The van der Waals surface area contributed by atoms with Crippen LogP contribution in [0.5, 0.6) is 11.5 Å². The summed E-state index contributed by atoms with van der Waals surface area (Å²) < 4.78 is 16.2. The number of rotatable bonds is 4. The molecule has 1 amide bonds. The monoisotopic (exact) mass is 433 g/mol. The molecule has 2 heterocycles. The van der Waals surface area contributed by atoms with Crippen molar-refractivity contribution >= 4 is 35.1 Å². The number of fused-ring (bicyclic) bond motifs is 1. The predicted octanol–water partition coefficient (Wildman–Crippen LogP) is 4.34. The van der Waals surface area contributed by atoms with E-state index in [1.807, 2.05) is 0 Å². The van der Waals surface area contributed by atoms with Crippen LogP contribution in [0, 0.1) is 0 Å². The number of esters is 1. The lowest BCUT2D eigenvalue weighted by Crippen LogP contribution is -2.34. The first-order valence-corrected chi connectivity index (χ1v) is 9.70. The number of hydrogen-bond acceptors (Lipinski definition) is 5. The molecule has 0 fully saturated rings. The van der Waals surface area contributed by atoms with Crippen LogP contribution >= 0.6 is 23.2 Å². The van der Waals surface area contributed by atoms with Gasteiger partial charge in [0.15, 0.2) is 11.5 Å². The molecule has 0 saturated heterocycles. The van der Waals surface area contributed by atoms with Gasteiger partial charge in [0.1, 0.15) is 6.61 Å². The van der Waals surface area contributed by atoms with Crippen molar-refractivity contribution in [3.63, 3.8) is 0 Å². The van der Waals surface area contributed by atoms with Crippen LogP contribution in [-0.4, -0.2) is 18.7 Å². The smallest absolute Gasteiger partial charge is 0.336 e. The SMILES string of the molecule is CC1=C(C(=O)OCc2ccc3c(c2)OCO3)[C@H](c2cccc(Cl)c2Cl)CC(=O)N1. The molecule has 1 N–H and O–H groups in total. The molecule has 0 aromatic heterocycles. The second kappa shape index (κ2) is 7.97. The Labute approximate surface area is 177 Å². The Morgan fingerprint density at radius 1 is 1.21 bits per heavy atom. The van der Waals surface area contributed by atoms with E-state index in [4.69, 9.17) is 37.4 Å². The highest BCUT2D eigenvalue weighted by Gasteiger charge is 2.34. The van der Waals surface area contributed by atoms with Crippen molar-refractivity contribution in [2.24, 2.45) is 0 Å². The molecule has 4 rings (SSSR count). The van der Waals surface area contributed by atoms with E-state index in [0.717, 1.165) is 5.56 Å². The highest BCUT2D eigenvalue weighted by atomic mass is 35.5. The molecule has 150 valence electrons. The van der Waals surface area contributed by atoms with Crippen LogP contribution in [0.3, 0.4) is 0 Å². The number of nitrogens with one attached hydrogen (secondary N) is 1. The van der Waals surface area contributed by atoms with Gasteiger partial charge in [-0.2, -0.15) is 0 Å². The minimum absolute atomic E-state index is 0.0518. The molecule has 1 atom stereocenters. The normalized spacial score (nSPS) is 17.9. The number of amides is 1. The molecule has 0 bridgehead atoms. The lowest BCUT2D eigenvalue weighted by molar-refractivity contribution is -0.141. The lowest BCUT2D eigenvalue weighted by Gasteiger charge is -2.27. The van der Waals surface area contributed by atoms with Gasteiger partial charge in [-0.15, -0.1) is 0 Å². The van der Waals surface area contributed by atoms with E-state index >= 15 is 0 Å². The molecular formula is C21H17Cl2NO5. The van der Waals surface area contributed by atoms with E-state index < -0.39 is 11.9 Å². The number of allylic oxidation sites excluding steroid dienone is 1. The van der Waals surface area contributed by atoms with Gasteiger partial charge in [0.2, 0.25) is 12.7 Å². The van der Waals surface area contributed by atoms with Crippen LogP contribution in [0.2, 0.25) is 10.0 Å². The van der Waals surface area contributed by atoms with Gasteiger partial charge in [-0.25, -0.2) is 4.79 Å². The Morgan fingerprint density at radius 3 is 2.83 bits per heavy atom. The van der Waals surface area contributed by atoms with E-state index in [-0.39, 0.29) is 25.7 Å². The van der Waals surface area contributed by atoms with Crippen molar-refractivity contribution in [2.75, 3.05) is 6.79 Å². The standard InChI is InChI=1S/C21H17Cl2NO5/c1-11-19(14(8-18(25)24-11)13-3-2-4-15(22)20(13)23)21(26)27-9-12-5-6-16-17(7-12)29-10-28-16/h2-7,14H,8-10H2,1H3,(H,24,25)/t14-/m0/s1. The maximum Gasteiger partial charge on any atom is 0.336 e. The van der Waals surface area contributed by atoms with E-state index in [1.165, 1.54) is 0 Å². The van der Waals surface area contributed by atoms with Crippen LogP contribution in [-0.2, 0) is 20.9 Å². The molecule has 0 spiro atoms. The number of carbonyl (C=O) groups excluding carboxylic acids is 2. The molecule has 0 saturated carbocycles. The lowest BCUT2D eigenvalue weighted by atomic mass is 9.84. The second-order valence-electron chi connectivity index (χ2n) is 6.75. The molecule has 8 heteroatoms. The first-order chi connectivity index (χ1) is 13.9. The fourth-order valence-corrected chi connectivity index (χ4v) is 3.92. The minimum Gasteiger partial charge on any atom is -0.457 e. The summed E-state index contributed by atoms with van der Waals surface area (Å²) in [5.74, 6) is 0.00280. The Balaban J connectivity index is 1.58. The van der Waals surface area contributed by atoms with E-state index in [1.54, 1.807) is 43.3 Å². The Kier molecular flexibility index (Phi) is 5.39. The molecule has 0 aliphatic carbocycles. The summed E-state index contributed by atoms with van der Waals surface area (Å²) in [6.07, 6.45) is 0.0753. The third-order valence-electron chi connectivity index (χ3n) is 4.85. The fraction of sp³-hybridized carbons (Fsp3) is 0.238. The van der Waals surface area contributed by atoms with E-state index in [9.17, 15) is 9.59 Å². The summed E-state index contributed by atoms with van der Waals surface area (Å²) in [4.78, 5) is 25.0. The molecule has 6 nitrogen and oxygen atoms in total. The molecule has 2 aromatic rings. The van der Waals surface area contributed by atoms with Gasteiger partial charge in [0, 0.05) is 18.0 Å². The minimum atomic E-state index is -0.542. The molecule has 2 aliphatic rings. The number of carbonyl (C=O) groups is 2. The number of hydrogen-bond donors (Lipinski definition) is 1. The van der Waals surface area contributed by atoms with Crippen molar-refractivity contribution in [2.45, 2.75) is 25.9 Å². The highest BCUT2D eigenvalue weighted by molar-refractivity contribution is 6.42. The maximum absolute atomic E-state index is 12.9. The van der Waals surface area contributed by atoms with Crippen LogP contribution in [0.4, 0.5) is 0 Å². The first-order valence-electron chi connectivity index (χ1n) is 8.94. The van der Waals surface area contributed by atoms with Crippen LogP contribution < -0.4 is 14.8 Å². The largest absolute Gasteiger partial charge is 0.457 e. The quantitative estimate of drug-likeness (QED) is 0.725. The summed E-state index contributed by atoms with van der Waals surface area (Å²) >= 11 is 12.5. The zero-order valence-corrected chi connectivity index (χ0v) is 17.0. The summed E-state index contributed by atoms with van der Waals surface area (Å²) in [5, 5.41) is 3.39. The van der Waals surface area contributed by atoms with Crippen LogP contribution in [0.1, 0.15) is 30.4 Å². The van der Waals surface area contributed by atoms with E-state index in [0.29, 0.717) is 38.4 Å². The topological polar surface area (TPSA) is 73.9 Å². The van der Waals surface area contributed by atoms with Gasteiger partial charge in [-0.1, -0.05) is 41.4 Å². The average Bonchev–Trinajstić information content (AvgIpc) is 3.15. The number of benzene rings is 2. The molecule has 29 heavy (non-hydrogen) atoms.